The Labute approximate surface area is 75.4 Å². The lowest BCUT2D eigenvalue weighted by Gasteiger charge is -2.29. The fourth-order valence-corrected chi connectivity index (χ4v) is 2.88. The molecule has 0 amide bonds. The first kappa shape index (κ1) is 8.31. The van der Waals surface area contributed by atoms with Crippen LogP contribution in [-0.2, 0) is 0 Å². The minimum atomic E-state index is 0.585. The van der Waals surface area contributed by atoms with Crippen molar-refractivity contribution in [3.05, 3.63) is 11.6 Å². The van der Waals surface area contributed by atoms with Crippen LogP contribution < -0.4 is 0 Å². The van der Waals surface area contributed by atoms with E-state index in [4.69, 9.17) is 0 Å². The monoisotopic (exact) mass is 165 g/mol. The maximum absolute atomic E-state index is 2.70. The zero-order valence-corrected chi connectivity index (χ0v) is 8.27. The molecule has 2 aliphatic heterocycles. The van der Waals surface area contributed by atoms with Gasteiger partial charge in [0, 0.05) is 12.1 Å². The predicted octanol–water partition coefficient (Wildman–Crippen LogP) is 2.58. The van der Waals surface area contributed by atoms with Crippen molar-refractivity contribution >= 4 is 0 Å². The molecule has 0 aliphatic carbocycles. The van der Waals surface area contributed by atoms with Crippen molar-refractivity contribution in [2.45, 2.75) is 45.1 Å². The van der Waals surface area contributed by atoms with Gasteiger partial charge in [0.1, 0.15) is 0 Å². The minimum Gasteiger partial charge on any atom is -0.293 e. The molecule has 0 aromatic rings. The molecule has 68 valence electrons. The first-order chi connectivity index (χ1) is 5.80. The normalized spacial score (nSPS) is 39.3. The van der Waals surface area contributed by atoms with Crippen LogP contribution in [0.25, 0.3) is 0 Å². The summed E-state index contributed by atoms with van der Waals surface area (Å²) in [6, 6.07) is 0. The molecule has 1 nitrogen and oxygen atoms in total. The standard InChI is InChI=1S/C11H19N/c1-3-10-8-11(4-2)6-5-7-12(11)9-10/h3H,4-9H2,1-2H3/b10-3+/t11-/m0/s1. The second-order valence-electron chi connectivity index (χ2n) is 4.23. The molecule has 0 aromatic heterocycles. The molecule has 2 saturated heterocycles. The van der Waals surface area contributed by atoms with Crippen LogP contribution in [-0.4, -0.2) is 23.5 Å². The molecule has 2 fully saturated rings. The van der Waals surface area contributed by atoms with E-state index in [1.54, 1.807) is 5.57 Å². The van der Waals surface area contributed by atoms with E-state index in [9.17, 15) is 0 Å². The maximum Gasteiger partial charge on any atom is 0.0248 e. The van der Waals surface area contributed by atoms with E-state index in [0.29, 0.717) is 5.54 Å². The van der Waals surface area contributed by atoms with Gasteiger partial charge in [-0.1, -0.05) is 18.6 Å². The van der Waals surface area contributed by atoms with Crippen molar-refractivity contribution in [3.63, 3.8) is 0 Å². The summed E-state index contributed by atoms with van der Waals surface area (Å²) in [5.41, 5.74) is 2.25. The zero-order valence-electron chi connectivity index (χ0n) is 8.27. The zero-order chi connectivity index (χ0) is 8.60. The highest BCUT2D eigenvalue weighted by Gasteiger charge is 2.44. The van der Waals surface area contributed by atoms with E-state index in [2.05, 4.69) is 24.8 Å². The third-order valence-electron chi connectivity index (χ3n) is 3.76. The summed E-state index contributed by atoms with van der Waals surface area (Å²) in [4.78, 5) is 2.70. The highest BCUT2D eigenvalue weighted by Crippen LogP contribution is 2.43. The van der Waals surface area contributed by atoms with Gasteiger partial charge in [0.25, 0.3) is 0 Å². The Morgan fingerprint density at radius 3 is 3.00 bits per heavy atom. The van der Waals surface area contributed by atoms with E-state index >= 15 is 0 Å². The Hall–Kier alpha value is -0.300. The highest BCUT2D eigenvalue weighted by atomic mass is 15.2. The van der Waals surface area contributed by atoms with Crippen molar-refractivity contribution in [1.82, 2.24) is 4.90 Å². The average molecular weight is 165 g/mol. The van der Waals surface area contributed by atoms with Gasteiger partial charge in [-0.2, -0.15) is 0 Å². The molecule has 1 heteroatoms. The third-order valence-corrected chi connectivity index (χ3v) is 3.76. The summed E-state index contributed by atoms with van der Waals surface area (Å²) < 4.78 is 0. The third kappa shape index (κ3) is 1.03. The molecule has 0 saturated carbocycles. The first-order valence-corrected chi connectivity index (χ1v) is 5.20. The van der Waals surface area contributed by atoms with Crippen LogP contribution in [0.2, 0.25) is 0 Å². The number of hydrogen-bond donors (Lipinski definition) is 0. The second kappa shape index (κ2) is 2.88. The Balaban J connectivity index is 2.20. The van der Waals surface area contributed by atoms with Gasteiger partial charge < -0.3 is 0 Å². The first-order valence-electron chi connectivity index (χ1n) is 5.20. The van der Waals surface area contributed by atoms with Crippen LogP contribution in [0.15, 0.2) is 11.6 Å². The van der Waals surface area contributed by atoms with Crippen LogP contribution >= 0.6 is 0 Å². The number of nitrogens with zero attached hydrogens (tertiary/aromatic N) is 1. The molecule has 0 aromatic carbocycles. The molecule has 2 heterocycles. The Morgan fingerprint density at radius 1 is 1.58 bits per heavy atom. The van der Waals surface area contributed by atoms with Crippen molar-refractivity contribution in [2.24, 2.45) is 0 Å². The van der Waals surface area contributed by atoms with Gasteiger partial charge in [0.15, 0.2) is 0 Å². The van der Waals surface area contributed by atoms with E-state index < -0.39 is 0 Å². The topological polar surface area (TPSA) is 3.24 Å². The SMILES string of the molecule is C/C=C1/CN2CCC[C@@]2(CC)C1. The fraction of sp³-hybridized carbons (Fsp3) is 0.818. The fourth-order valence-electron chi connectivity index (χ4n) is 2.88. The van der Waals surface area contributed by atoms with Crippen LogP contribution in [0.3, 0.4) is 0 Å². The van der Waals surface area contributed by atoms with Gasteiger partial charge in [0.05, 0.1) is 0 Å². The molecule has 0 N–H and O–H groups in total. The molecule has 12 heavy (non-hydrogen) atoms. The van der Waals surface area contributed by atoms with Crippen LogP contribution in [0.4, 0.5) is 0 Å². The summed E-state index contributed by atoms with van der Waals surface area (Å²) in [5, 5.41) is 0. The lowest BCUT2D eigenvalue weighted by atomic mass is 9.90. The maximum atomic E-state index is 2.70. The molecule has 0 spiro atoms. The average Bonchev–Trinajstić information content (AvgIpc) is 2.58. The van der Waals surface area contributed by atoms with Crippen molar-refractivity contribution in [1.29, 1.82) is 0 Å². The van der Waals surface area contributed by atoms with E-state index in [1.165, 1.54) is 38.8 Å². The summed E-state index contributed by atoms with van der Waals surface area (Å²) in [6.45, 7) is 7.12. The van der Waals surface area contributed by atoms with Gasteiger partial charge in [0.2, 0.25) is 0 Å². The molecule has 2 aliphatic rings. The Kier molecular flexibility index (Phi) is 1.99. The number of rotatable bonds is 1. The molecule has 1 atom stereocenters. The van der Waals surface area contributed by atoms with Crippen molar-refractivity contribution < 1.29 is 0 Å². The van der Waals surface area contributed by atoms with Crippen molar-refractivity contribution in [3.8, 4) is 0 Å². The smallest absolute Gasteiger partial charge is 0.0248 e. The number of allylic oxidation sites excluding steroid dienone is 1. The summed E-state index contributed by atoms with van der Waals surface area (Å²) in [6.07, 6.45) is 7.85. The molecule has 2 rings (SSSR count). The lowest BCUT2D eigenvalue weighted by Crippen LogP contribution is -2.37. The molecular weight excluding hydrogens is 146 g/mol. The minimum absolute atomic E-state index is 0.585. The summed E-state index contributed by atoms with van der Waals surface area (Å²) >= 11 is 0. The van der Waals surface area contributed by atoms with Gasteiger partial charge in [-0.3, -0.25) is 4.90 Å². The van der Waals surface area contributed by atoms with Gasteiger partial charge in [-0.25, -0.2) is 0 Å². The molecule has 0 radical (unpaired) electrons. The van der Waals surface area contributed by atoms with Crippen LogP contribution in [0.5, 0.6) is 0 Å². The van der Waals surface area contributed by atoms with Crippen LogP contribution in [0, 0.1) is 0 Å². The van der Waals surface area contributed by atoms with E-state index in [0.717, 1.165) is 0 Å². The van der Waals surface area contributed by atoms with Crippen LogP contribution in [0.1, 0.15) is 39.5 Å². The van der Waals surface area contributed by atoms with Gasteiger partial charge in [-0.15, -0.1) is 0 Å². The molecule has 0 unspecified atom stereocenters. The molecular formula is C11H19N. The number of fused-ring (bicyclic) bond motifs is 1. The Bertz CT molecular complexity index is 207. The lowest BCUT2D eigenvalue weighted by molar-refractivity contribution is 0.189. The predicted molar refractivity (Wildman–Crippen MR) is 52.2 cm³/mol. The van der Waals surface area contributed by atoms with Gasteiger partial charge in [-0.05, 0) is 39.2 Å². The quantitative estimate of drug-likeness (QED) is 0.540. The largest absolute Gasteiger partial charge is 0.293 e. The Morgan fingerprint density at radius 2 is 2.42 bits per heavy atom. The summed E-state index contributed by atoms with van der Waals surface area (Å²) in [7, 11) is 0. The summed E-state index contributed by atoms with van der Waals surface area (Å²) in [5.74, 6) is 0. The number of hydrogen-bond acceptors (Lipinski definition) is 1. The van der Waals surface area contributed by atoms with Gasteiger partial charge >= 0.3 is 0 Å². The highest BCUT2D eigenvalue weighted by molar-refractivity contribution is 5.19. The van der Waals surface area contributed by atoms with E-state index in [-0.39, 0.29) is 0 Å². The second-order valence-corrected chi connectivity index (χ2v) is 4.23. The van der Waals surface area contributed by atoms with E-state index in [1.807, 2.05) is 0 Å². The van der Waals surface area contributed by atoms with Crippen molar-refractivity contribution in [2.75, 3.05) is 13.1 Å². The molecule has 0 bridgehead atoms.